The van der Waals surface area contributed by atoms with Gasteiger partial charge in [0.15, 0.2) is 0 Å². The Morgan fingerprint density at radius 2 is 1.68 bits per heavy atom. The maximum absolute atomic E-state index is 12.2. The van der Waals surface area contributed by atoms with E-state index in [9.17, 15) is 36.5 Å². The van der Waals surface area contributed by atoms with Crippen molar-refractivity contribution >= 4 is 21.7 Å². The minimum Gasteiger partial charge on any atom is -0.465 e. The molecule has 1 N–H and O–H groups in total. The van der Waals surface area contributed by atoms with Gasteiger partial charge in [0, 0.05) is 12.1 Å². The molecule has 0 unspecified atom stereocenters. The molecule has 0 atom stereocenters. The summed E-state index contributed by atoms with van der Waals surface area (Å²) in [6.45, 7) is 0. The van der Waals surface area contributed by atoms with E-state index in [1.807, 2.05) is 0 Å². The first-order valence-electron chi connectivity index (χ1n) is 7.18. The van der Waals surface area contributed by atoms with Gasteiger partial charge in [-0.3, -0.25) is 10.1 Å². The number of carbonyl (C=O) groups excluding carboxylic acids is 1. The first kappa shape index (κ1) is 21.1. The molecule has 28 heavy (non-hydrogen) atoms. The number of hydrogen-bond donors (Lipinski definition) is 1. The van der Waals surface area contributed by atoms with Crippen LogP contribution >= 0.6 is 0 Å². The number of nitrogens with zero attached hydrogens (tertiary/aromatic N) is 1. The summed E-state index contributed by atoms with van der Waals surface area (Å²) in [4.78, 5) is 21.2. The second-order valence-electron chi connectivity index (χ2n) is 5.10. The molecule has 0 spiro atoms. The average molecular weight is 420 g/mol. The Balaban J connectivity index is 2.27. The van der Waals surface area contributed by atoms with Gasteiger partial charge in [0.1, 0.15) is 17.1 Å². The Bertz CT molecular complexity index is 1010. The summed E-state index contributed by atoms with van der Waals surface area (Å²) in [7, 11) is -3.78. The molecular formula is C15H11F3N2O7S. The fourth-order valence-electron chi connectivity index (χ4n) is 2.05. The molecule has 2 rings (SSSR count). The Morgan fingerprint density at radius 3 is 2.18 bits per heavy atom. The Labute approximate surface area is 155 Å². The third-order valence-electron chi connectivity index (χ3n) is 3.19. The molecule has 2 aromatic carbocycles. The van der Waals surface area contributed by atoms with Crippen LogP contribution in [0.5, 0.6) is 11.5 Å². The summed E-state index contributed by atoms with van der Waals surface area (Å²) in [5, 5.41) is 11.0. The van der Waals surface area contributed by atoms with Crippen LogP contribution in [-0.2, 0) is 14.8 Å². The van der Waals surface area contributed by atoms with E-state index in [4.69, 9.17) is 4.74 Å². The second kappa shape index (κ2) is 7.82. The zero-order valence-corrected chi connectivity index (χ0v) is 14.7. The summed E-state index contributed by atoms with van der Waals surface area (Å²) >= 11 is 0. The largest absolute Gasteiger partial charge is 0.470 e. The van der Waals surface area contributed by atoms with Crippen molar-refractivity contribution in [1.82, 2.24) is 4.72 Å². The van der Waals surface area contributed by atoms with E-state index in [1.54, 1.807) is 0 Å². The van der Waals surface area contributed by atoms with Gasteiger partial charge in [0.2, 0.25) is 10.0 Å². The first-order valence-corrected chi connectivity index (χ1v) is 8.66. The van der Waals surface area contributed by atoms with Crippen molar-refractivity contribution in [2.45, 2.75) is 11.2 Å². The SMILES string of the molecule is COC(=O)c1cc(Oc2ccc(S(=O)(=O)NC(F)(F)F)cc2)ccc1[N+](=O)[O-]. The van der Waals surface area contributed by atoms with Crippen molar-refractivity contribution in [3.8, 4) is 11.5 Å². The fourth-order valence-corrected chi connectivity index (χ4v) is 2.96. The molecule has 0 radical (unpaired) electrons. The number of alkyl halides is 3. The molecule has 2 aromatic rings. The molecular weight excluding hydrogens is 409 g/mol. The maximum Gasteiger partial charge on any atom is 0.470 e. The lowest BCUT2D eigenvalue weighted by atomic mass is 10.1. The van der Waals surface area contributed by atoms with Crippen LogP contribution in [-0.4, -0.2) is 32.7 Å². The highest BCUT2D eigenvalue weighted by molar-refractivity contribution is 7.89. The Morgan fingerprint density at radius 1 is 1.11 bits per heavy atom. The van der Waals surface area contributed by atoms with E-state index in [0.29, 0.717) is 4.72 Å². The summed E-state index contributed by atoms with van der Waals surface area (Å²) in [5.74, 6) is -0.984. The minimum absolute atomic E-state index is 0.00984. The van der Waals surface area contributed by atoms with Crippen LogP contribution in [0.15, 0.2) is 47.4 Å². The molecule has 0 saturated carbocycles. The number of nitro benzene ring substituents is 1. The number of nitrogens with one attached hydrogen (secondary N) is 1. The normalized spacial score (nSPS) is 11.7. The van der Waals surface area contributed by atoms with E-state index in [2.05, 4.69) is 4.74 Å². The van der Waals surface area contributed by atoms with Gasteiger partial charge in [-0.25, -0.2) is 13.2 Å². The van der Waals surface area contributed by atoms with Crippen LogP contribution in [0.2, 0.25) is 0 Å². The monoisotopic (exact) mass is 420 g/mol. The molecule has 0 aliphatic heterocycles. The van der Waals surface area contributed by atoms with Crippen molar-refractivity contribution in [1.29, 1.82) is 0 Å². The highest BCUT2D eigenvalue weighted by Gasteiger charge is 2.34. The number of halogens is 3. The third kappa shape index (κ3) is 5.17. The number of methoxy groups -OCH3 is 1. The van der Waals surface area contributed by atoms with Crippen LogP contribution < -0.4 is 9.46 Å². The average Bonchev–Trinajstić information content (AvgIpc) is 2.59. The van der Waals surface area contributed by atoms with E-state index in [1.165, 1.54) is 6.07 Å². The topological polar surface area (TPSA) is 125 Å². The molecule has 0 bridgehead atoms. The molecule has 0 saturated heterocycles. The number of hydrogen-bond acceptors (Lipinski definition) is 7. The highest BCUT2D eigenvalue weighted by Crippen LogP contribution is 2.29. The second-order valence-corrected chi connectivity index (χ2v) is 6.79. The van der Waals surface area contributed by atoms with Gasteiger partial charge in [-0.2, -0.15) is 13.2 Å². The molecule has 9 nitrogen and oxygen atoms in total. The summed E-state index contributed by atoms with van der Waals surface area (Å²) in [5.41, 5.74) is -0.891. The molecule has 0 aliphatic rings. The van der Waals surface area contributed by atoms with E-state index in [0.717, 1.165) is 43.5 Å². The van der Waals surface area contributed by atoms with Crippen molar-refractivity contribution in [3.05, 3.63) is 58.1 Å². The Hall–Kier alpha value is -3.19. The van der Waals surface area contributed by atoms with Crippen LogP contribution in [0.4, 0.5) is 18.9 Å². The standard InChI is InChI=1S/C15H11F3N2O7S/c1-26-14(21)12-8-10(4-7-13(12)20(22)23)27-9-2-5-11(6-3-9)28(24,25)19-15(16,17)18/h2-8,19H,1H3. The summed E-state index contributed by atoms with van der Waals surface area (Å²) in [6.07, 6.45) is -5.13. The summed E-state index contributed by atoms with van der Waals surface area (Å²) in [6, 6.07) is 7.12. The van der Waals surface area contributed by atoms with Crippen LogP contribution in [0.3, 0.4) is 0 Å². The number of sulfonamides is 1. The Kier molecular flexibility index (Phi) is 5.89. The number of esters is 1. The predicted molar refractivity (Wildman–Crippen MR) is 87.3 cm³/mol. The number of rotatable bonds is 6. The molecule has 0 aliphatic carbocycles. The van der Waals surface area contributed by atoms with Gasteiger partial charge < -0.3 is 9.47 Å². The zero-order chi connectivity index (χ0) is 21.1. The lowest BCUT2D eigenvalue weighted by Crippen LogP contribution is -2.37. The van der Waals surface area contributed by atoms with Gasteiger partial charge in [0.05, 0.1) is 16.9 Å². The van der Waals surface area contributed by atoms with Crippen LogP contribution in [0.1, 0.15) is 10.4 Å². The number of ether oxygens (including phenoxy) is 2. The van der Waals surface area contributed by atoms with Gasteiger partial charge in [-0.15, -0.1) is 4.72 Å². The molecule has 0 heterocycles. The lowest BCUT2D eigenvalue weighted by molar-refractivity contribution is -0.385. The number of benzene rings is 2. The molecule has 0 fully saturated rings. The van der Waals surface area contributed by atoms with Crippen LogP contribution in [0, 0.1) is 10.1 Å². The first-order chi connectivity index (χ1) is 12.9. The van der Waals surface area contributed by atoms with Gasteiger partial charge in [-0.1, -0.05) is 0 Å². The van der Waals surface area contributed by atoms with Gasteiger partial charge in [-0.05, 0) is 30.3 Å². The summed E-state index contributed by atoms with van der Waals surface area (Å²) < 4.78 is 70.2. The van der Waals surface area contributed by atoms with Gasteiger partial charge >= 0.3 is 12.3 Å². The maximum atomic E-state index is 12.2. The molecule has 0 aromatic heterocycles. The predicted octanol–water partition coefficient (Wildman–Crippen LogP) is 2.97. The van der Waals surface area contributed by atoms with E-state index < -0.39 is 37.8 Å². The van der Waals surface area contributed by atoms with Crippen molar-refractivity contribution in [2.75, 3.05) is 7.11 Å². The van der Waals surface area contributed by atoms with Crippen molar-refractivity contribution in [2.24, 2.45) is 0 Å². The van der Waals surface area contributed by atoms with E-state index >= 15 is 0 Å². The highest BCUT2D eigenvalue weighted by atomic mass is 32.2. The lowest BCUT2D eigenvalue weighted by Gasteiger charge is -2.11. The van der Waals surface area contributed by atoms with Crippen molar-refractivity contribution in [3.63, 3.8) is 0 Å². The fraction of sp³-hybridized carbons (Fsp3) is 0.133. The third-order valence-corrected chi connectivity index (χ3v) is 4.58. The zero-order valence-electron chi connectivity index (χ0n) is 13.9. The number of carbonyl (C=O) groups is 1. The van der Waals surface area contributed by atoms with Gasteiger partial charge in [0.25, 0.3) is 5.69 Å². The van der Waals surface area contributed by atoms with Crippen LogP contribution in [0.25, 0.3) is 0 Å². The smallest absolute Gasteiger partial charge is 0.465 e. The molecule has 0 amide bonds. The van der Waals surface area contributed by atoms with E-state index in [-0.39, 0.29) is 17.1 Å². The molecule has 150 valence electrons. The molecule has 13 heteroatoms. The minimum atomic E-state index is -5.13. The number of nitro groups is 1. The van der Waals surface area contributed by atoms with Crippen molar-refractivity contribution < 1.29 is 40.8 Å². The quantitative estimate of drug-likeness (QED) is 0.330.